The Kier molecular flexibility index (Phi) is 3.98. The van der Waals surface area contributed by atoms with Crippen molar-refractivity contribution >= 4 is 33.6 Å². The minimum absolute atomic E-state index is 0.0336. The summed E-state index contributed by atoms with van der Waals surface area (Å²) in [6.45, 7) is 0. The van der Waals surface area contributed by atoms with Gasteiger partial charge in [-0.15, -0.1) is 0 Å². The quantitative estimate of drug-likeness (QED) is 0.735. The van der Waals surface area contributed by atoms with Crippen molar-refractivity contribution in [2.24, 2.45) is 0 Å². The molecule has 0 saturated carbocycles. The van der Waals surface area contributed by atoms with E-state index in [0.29, 0.717) is 5.17 Å². The van der Waals surface area contributed by atoms with Crippen LogP contribution in [0.25, 0.3) is 0 Å². The first kappa shape index (κ1) is 14.8. The van der Waals surface area contributed by atoms with Crippen molar-refractivity contribution in [3.05, 3.63) is 40.2 Å². The molecule has 9 heteroatoms. The molecule has 0 aliphatic carbocycles. The van der Waals surface area contributed by atoms with E-state index in [1.54, 1.807) is 0 Å². The van der Waals surface area contributed by atoms with E-state index in [-0.39, 0.29) is 20.8 Å². The van der Waals surface area contributed by atoms with Gasteiger partial charge in [-0.3, -0.25) is 10.6 Å². The number of aromatic hydroxyl groups is 1. The topological polar surface area (TPSA) is 55.7 Å². The number of nitrogens with one attached hydrogen (secondary N) is 1. The zero-order valence-corrected chi connectivity index (χ0v) is 11.2. The number of anilines is 2. The lowest BCUT2D eigenvalue weighted by Gasteiger charge is -2.17. The largest absolute Gasteiger partial charge is 0.505 e. The first-order valence-electron chi connectivity index (χ1n) is 5.18. The Hall–Kier alpha value is -1.64. The molecule has 3 N–H and O–H groups in total. The zero-order chi connectivity index (χ0) is 14.9. The SMILES string of the molecule is Oc1cc(N(O)Nc2cccc(C(F)(F)F)c2)sc1Cl. The third-order valence-corrected chi connectivity index (χ3v) is 3.60. The summed E-state index contributed by atoms with van der Waals surface area (Å²) in [6, 6.07) is 5.50. The number of hydrogen-bond acceptors (Lipinski definition) is 5. The predicted octanol–water partition coefficient (Wildman–Crippen LogP) is 4.35. The van der Waals surface area contributed by atoms with Crippen molar-refractivity contribution < 1.29 is 23.5 Å². The summed E-state index contributed by atoms with van der Waals surface area (Å²) >= 11 is 6.47. The van der Waals surface area contributed by atoms with Crippen LogP contribution in [0.15, 0.2) is 30.3 Å². The van der Waals surface area contributed by atoms with Gasteiger partial charge in [0.25, 0.3) is 0 Å². The van der Waals surface area contributed by atoms with Gasteiger partial charge in [-0.05, 0) is 18.2 Å². The van der Waals surface area contributed by atoms with Crippen LogP contribution in [0.1, 0.15) is 5.56 Å². The van der Waals surface area contributed by atoms with Gasteiger partial charge in [0, 0.05) is 6.07 Å². The molecule has 1 heterocycles. The summed E-state index contributed by atoms with van der Waals surface area (Å²) in [5, 5.41) is 19.6. The van der Waals surface area contributed by atoms with Crippen LogP contribution in [0, 0.1) is 0 Å². The molecule has 4 nitrogen and oxygen atoms in total. The predicted molar refractivity (Wildman–Crippen MR) is 70.3 cm³/mol. The Labute approximate surface area is 120 Å². The van der Waals surface area contributed by atoms with E-state index in [1.807, 2.05) is 0 Å². The van der Waals surface area contributed by atoms with Gasteiger partial charge in [-0.1, -0.05) is 29.0 Å². The van der Waals surface area contributed by atoms with E-state index in [4.69, 9.17) is 11.6 Å². The van der Waals surface area contributed by atoms with E-state index in [2.05, 4.69) is 5.43 Å². The second kappa shape index (κ2) is 5.39. The normalized spacial score (nSPS) is 11.4. The Balaban J connectivity index is 2.17. The molecule has 0 amide bonds. The zero-order valence-electron chi connectivity index (χ0n) is 9.65. The van der Waals surface area contributed by atoms with Gasteiger partial charge in [0.1, 0.15) is 15.1 Å². The maximum Gasteiger partial charge on any atom is 0.416 e. The first-order valence-corrected chi connectivity index (χ1v) is 6.38. The minimum atomic E-state index is -4.47. The molecule has 0 aliphatic rings. The van der Waals surface area contributed by atoms with Gasteiger partial charge in [0.15, 0.2) is 0 Å². The standard InChI is InChI=1S/C11H8ClF3N2O2S/c12-10-8(18)5-9(20-10)17(19)16-7-3-1-2-6(4-7)11(13,14)15/h1-5,16,18-19H. The number of rotatable bonds is 3. The monoisotopic (exact) mass is 324 g/mol. The molecule has 1 aromatic carbocycles. The Morgan fingerprint density at radius 1 is 1.25 bits per heavy atom. The van der Waals surface area contributed by atoms with Crippen LogP contribution in [0.3, 0.4) is 0 Å². The van der Waals surface area contributed by atoms with Crippen LogP contribution in [-0.2, 0) is 6.18 Å². The average Bonchev–Trinajstić information content (AvgIpc) is 2.69. The molecular weight excluding hydrogens is 317 g/mol. The van der Waals surface area contributed by atoms with Crippen molar-refractivity contribution in [3.63, 3.8) is 0 Å². The van der Waals surface area contributed by atoms with Crippen LogP contribution in [0.4, 0.5) is 23.9 Å². The van der Waals surface area contributed by atoms with Gasteiger partial charge in [-0.2, -0.15) is 18.3 Å². The fourth-order valence-corrected chi connectivity index (χ4v) is 2.34. The molecule has 0 fully saturated rings. The summed E-state index contributed by atoms with van der Waals surface area (Å²) < 4.78 is 37.7. The molecule has 0 unspecified atom stereocenters. The summed E-state index contributed by atoms with van der Waals surface area (Å²) in [6.07, 6.45) is -4.47. The Morgan fingerprint density at radius 3 is 2.50 bits per heavy atom. The molecule has 0 bridgehead atoms. The van der Waals surface area contributed by atoms with Crippen LogP contribution >= 0.6 is 22.9 Å². The van der Waals surface area contributed by atoms with Crippen molar-refractivity contribution in [2.75, 3.05) is 10.6 Å². The summed E-state index contributed by atoms with van der Waals surface area (Å²) in [5.41, 5.74) is 1.53. The first-order chi connectivity index (χ1) is 9.27. The fraction of sp³-hybridized carbons (Fsp3) is 0.0909. The van der Waals surface area contributed by atoms with Gasteiger partial charge in [0.2, 0.25) is 0 Å². The minimum Gasteiger partial charge on any atom is -0.505 e. The number of thiophene rings is 1. The highest BCUT2D eigenvalue weighted by molar-refractivity contribution is 7.20. The van der Waals surface area contributed by atoms with E-state index < -0.39 is 11.7 Å². The van der Waals surface area contributed by atoms with Gasteiger partial charge >= 0.3 is 6.18 Å². The number of alkyl halides is 3. The van der Waals surface area contributed by atoms with Crippen molar-refractivity contribution in [2.45, 2.75) is 6.18 Å². The molecule has 20 heavy (non-hydrogen) atoms. The van der Waals surface area contributed by atoms with E-state index in [1.165, 1.54) is 18.2 Å². The lowest BCUT2D eigenvalue weighted by Crippen LogP contribution is -2.24. The molecule has 2 rings (SSSR count). The molecule has 0 atom stereocenters. The van der Waals surface area contributed by atoms with Gasteiger partial charge < -0.3 is 5.11 Å². The second-order valence-corrected chi connectivity index (χ2v) is 5.38. The summed E-state index contributed by atoms with van der Waals surface area (Å²) in [5.74, 6) is -0.225. The van der Waals surface area contributed by atoms with E-state index >= 15 is 0 Å². The van der Waals surface area contributed by atoms with Crippen molar-refractivity contribution in [3.8, 4) is 5.75 Å². The Bertz CT molecular complexity index is 598. The number of hydrazine groups is 1. The van der Waals surface area contributed by atoms with E-state index in [0.717, 1.165) is 23.5 Å². The van der Waals surface area contributed by atoms with Gasteiger partial charge in [0.05, 0.1) is 11.3 Å². The molecular formula is C11H8ClF3N2O2S. The average molecular weight is 325 g/mol. The van der Waals surface area contributed by atoms with Crippen LogP contribution < -0.4 is 10.6 Å². The van der Waals surface area contributed by atoms with Crippen molar-refractivity contribution in [1.29, 1.82) is 0 Å². The molecule has 1 aromatic heterocycles. The third-order valence-electron chi connectivity index (χ3n) is 2.29. The maximum absolute atomic E-state index is 12.5. The number of nitrogens with zero attached hydrogens (tertiary/aromatic N) is 1. The van der Waals surface area contributed by atoms with Crippen LogP contribution in [0.2, 0.25) is 4.34 Å². The number of hydrogen-bond donors (Lipinski definition) is 3. The second-order valence-electron chi connectivity index (χ2n) is 3.75. The van der Waals surface area contributed by atoms with Crippen molar-refractivity contribution in [1.82, 2.24) is 0 Å². The summed E-state index contributed by atoms with van der Waals surface area (Å²) in [4.78, 5) is 0. The summed E-state index contributed by atoms with van der Waals surface area (Å²) in [7, 11) is 0. The molecule has 2 aromatic rings. The molecule has 108 valence electrons. The number of benzene rings is 1. The van der Waals surface area contributed by atoms with Crippen LogP contribution in [-0.4, -0.2) is 10.3 Å². The highest BCUT2D eigenvalue weighted by Crippen LogP contribution is 2.38. The lowest BCUT2D eigenvalue weighted by molar-refractivity contribution is -0.137. The molecule has 0 saturated heterocycles. The maximum atomic E-state index is 12.5. The third kappa shape index (κ3) is 3.27. The lowest BCUT2D eigenvalue weighted by atomic mass is 10.2. The Morgan fingerprint density at radius 2 is 1.95 bits per heavy atom. The van der Waals surface area contributed by atoms with Crippen LogP contribution in [0.5, 0.6) is 5.75 Å². The molecule has 0 spiro atoms. The highest BCUT2D eigenvalue weighted by atomic mass is 35.5. The molecule has 0 aliphatic heterocycles. The van der Waals surface area contributed by atoms with E-state index in [9.17, 15) is 23.5 Å². The number of halogens is 4. The fourth-order valence-electron chi connectivity index (χ4n) is 1.39. The highest BCUT2D eigenvalue weighted by Gasteiger charge is 2.30. The molecule has 0 radical (unpaired) electrons. The smallest absolute Gasteiger partial charge is 0.416 e. The van der Waals surface area contributed by atoms with Gasteiger partial charge in [-0.25, -0.2) is 0 Å².